The van der Waals surface area contributed by atoms with E-state index in [1.54, 1.807) is 6.92 Å². The van der Waals surface area contributed by atoms with E-state index in [4.69, 9.17) is 0 Å². The maximum absolute atomic E-state index is 12.1. The molecule has 0 aromatic heterocycles. The molecule has 4 heteroatoms. The number of rotatable bonds is 11. The van der Waals surface area contributed by atoms with Crippen LogP contribution in [-0.2, 0) is 14.3 Å². The molecule has 26 heavy (non-hydrogen) atoms. The van der Waals surface area contributed by atoms with Gasteiger partial charge in [-0.05, 0) is 43.4 Å². The second-order valence-electron chi connectivity index (χ2n) is 6.75. The second kappa shape index (κ2) is 12.5. The van der Waals surface area contributed by atoms with Gasteiger partial charge in [-0.1, -0.05) is 38.3 Å². The van der Waals surface area contributed by atoms with Crippen molar-refractivity contribution in [2.45, 2.75) is 77.7 Å². The molecule has 0 saturated carbocycles. The minimum Gasteiger partial charge on any atom is -0.467 e. The number of carbonyl (C=O) groups excluding carboxylic acids is 2. The van der Waals surface area contributed by atoms with Gasteiger partial charge in [0, 0.05) is 24.8 Å². The Morgan fingerprint density at radius 1 is 1.31 bits per heavy atom. The van der Waals surface area contributed by atoms with E-state index in [9.17, 15) is 14.7 Å². The van der Waals surface area contributed by atoms with Gasteiger partial charge >= 0.3 is 5.97 Å². The molecule has 0 heterocycles. The number of ether oxygens (including phenoxy) is 1. The Kier molecular flexibility index (Phi) is 10.6. The number of esters is 1. The number of aliphatic hydroxyl groups excluding tert-OH is 1. The number of carbonyl (C=O) groups is 2. The molecule has 0 bridgehead atoms. The van der Waals surface area contributed by atoms with Gasteiger partial charge < -0.3 is 9.84 Å². The number of allylic oxidation sites excluding steroid dienone is 4. The molecule has 1 rings (SSSR count). The van der Waals surface area contributed by atoms with Crippen LogP contribution in [0.4, 0.5) is 0 Å². The van der Waals surface area contributed by atoms with Gasteiger partial charge in [-0.3, -0.25) is 4.79 Å². The van der Waals surface area contributed by atoms with Crippen molar-refractivity contribution in [2.24, 2.45) is 0 Å². The molecular weight excluding hydrogens is 328 g/mol. The maximum Gasteiger partial charge on any atom is 0.335 e. The molecule has 1 N–H and O–H groups in total. The number of aliphatic hydroxyl groups is 1. The first-order valence-electron chi connectivity index (χ1n) is 9.57. The number of ketones is 1. The largest absolute Gasteiger partial charge is 0.467 e. The van der Waals surface area contributed by atoms with Crippen LogP contribution in [0.1, 0.15) is 71.6 Å². The fourth-order valence-corrected chi connectivity index (χ4v) is 2.97. The van der Waals surface area contributed by atoms with Crippen LogP contribution in [0.2, 0.25) is 0 Å². The van der Waals surface area contributed by atoms with Gasteiger partial charge in [-0.2, -0.15) is 0 Å². The molecule has 1 aliphatic rings. The molecule has 0 amide bonds. The Balaban J connectivity index is 2.63. The maximum atomic E-state index is 12.1. The minimum absolute atomic E-state index is 0.181. The third-order valence-electron chi connectivity index (χ3n) is 4.52. The van der Waals surface area contributed by atoms with Crippen LogP contribution >= 0.6 is 0 Å². The molecular formula is C22H32O4. The van der Waals surface area contributed by atoms with E-state index in [0.29, 0.717) is 12.8 Å². The number of methoxy groups -OCH3 is 1. The fourth-order valence-electron chi connectivity index (χ4n) is 2.97. The molecule has 1 aliphatic carbocycles. The highest BCUT2D eigenvalue weighted by atomic mass is 16.5. The zero-order valence-corrected chi connectivity index (χ0v) is 16.3. The van der Waals surface area contributed by atoms with Gasteiger partial charge in [-0.15, -0.1) is 5.73 Å². The van der Waals surface area contributed by atoms with Crippen molar-refractivity contribution in [3.63, 3.8) is 0 Å². The topological polar surface area (TPSA) is 63.6 Å². The van der Waals surface area contributed by atoms with E-state index < -0.39 is 12.1 Å². The fraction of sp³-hybridized carbons (Fsp3) is 0.591. The van der Waals surface area contributed by atoms with Crippen molar-refractivity contribution >= 4 is 11.8 Å². The van der Waals surface area contributed by atoms with Gasteiger partial charge in [0.1, 0.15) is 0 Å². The molecule has 4 nitrogen and oxygen atoms in total. The average Bonchev–Trinajstić information content (AvgIpc) is 2.97. The van der Waals surface area contributed by atoms with Gasteiger partial charge in [0.05, 0.1) is 7.11 Å². The molecule has 0 saturated heterocycles. The first-order chi connectivity index (χ1) is 12.5. The van der Waals surface area contributed by atoms with Crippen LogP contribution in [0.3, 0.4) is 0 Å². The van der Waals surface area contributed by atoms with Crippen LogP contribution in [-0.4, -0.2) is 30.1 Å². The third kappa shape index (κ3) is 7.99. The predicted molar refractivity (Wildman–Crippen MR) is 104 cm³/mol. The van der Waals surface area contributed by atoms with Crippen molar-refractivity contribution in [3.8, 4) is 0 Å². The first-order valence-corrected chi connectivity index (χ1v) is 9.57. The van der Waals surface area contributed by atoms with Crippen molar-refractivity contribution in [1.29, 1.82) is 0 Å². The highest BCUT2D eigenvalue weighted by molar-refractivity contribution is 5.99. The molecule has 0 fully saturated rings. The normalized spacial score (nSPS) is 15.3. The van der Waals surface area contributed by atoms with Gasteiger partial charge in [-0.25, -0.2) is 4.79 Å². The standard InChI is InChI=1S/C22H32O4/c1-4-5-6-7-8-9-12-18-14-15-20(23)19(18)13-10-11-17(2)16-21(24)22(25)26-3/h9-10,12,21,24H,4-8,13-16H2,1-3H3. The van der Waals surface area contributed by atoms with Crippen LogP contribution in [0.15, 0.2) is 40.7 Å². The first kappa shape index (κ1) is 22.1. The Bertz CT molecular complexity index is 604. The molecule has 1 atom stereocenters. The summed E-state index contributed by atoms with van der Waals surface area (Å²) in [5, 5.41) is 9.64. The number of hydrogen-bond acceptors (Lipinski definition) is 4. The lowest BCUT2D eigenvalue weighted by atomic mass is 10.1. The summed E-state index contributed by atoms with van der Waals surface area (Å²) >= 11 is 0. The van der Waals surface area contributed by atoms with Crippen molar-refractivity contribution in [3.05, 3.63) is 40.7 Å². The average molecular weight is 360 g/mol. The second-order valence-corrected chi connectivity index (χ2v) is 6.75. The highest BCUT2D eigenvalue weighted by Crippen LogP contribution is 2.27. The summed E-state index contributed by atoms with van der Waals surface area (Å²) < 4.78 is 4.50. The Labute approximate surface area is 157 Å². The van der Waals surface area contributed by atoms with Crippen LogP contribution in [0.25, 0.3) is 0 Å². The molecule has 144 valence electrons. The predicted octanol–water partition coefficient (Wildman–Crippen LogP) is 4.59. The number of Topliss-reactive ketones (excluding diaryl/α,β-unsaturated/α-hetero) is 1. The molecule has 0 radical (unpaired) electrons. The van der Waals surface area contributed by atoms with Crippen LogP contribution in [0, 0.1) is 0 Å². The molecule has 0 aromatic carbocycles. The summed E-state index contributed by atoms with van der Waals surface area (Å²) in [5.74, 6) is -0.438. The number of hydrogen-bond donors (Lipinski definition) is 1. The Morgan fingerprint density at radius 2 is 2.08 bits per heavy atom. The van der Waals surface area contributed by atoms with E-state index >= 15 is 0 Å². The molecule has 0 aromatic rings. The smallest absolute Gasteiger partial charge is 0.335 e. The Morgan fingerprint density at radius 3 is 2.77 bits per heavy atom. The van der Waals surface area contributed by atoms with E-state index in [0.717, 1.165) is 29.6 Å². The zero-order chi connectivity index (χ0) is 19.4. The van der Waals surface area contributed by atoms with E-state index in [1.165, 1.54) is 32.8 Å². The van der Waals surface area contributed by atoms with Crippen LogP contribution < -0.4 is 0 Å². The van der Waals surface area contributed by atoms with Crippen molar-refractivity contribution in [1.82, 2.24) is 0 Å². The lowest BCUT2D eigenvalue weighted by Gasteiger charge is -2.06. The highest BCUT2D eigenvalue weighted by Gasteiger charge is 2.20. The van der Waals surface area contributed by atoms with Crippen molar-refractivity contribution < 1.29 is 19.4 Å². The Hall–Kier alpha value is -1.90. The van der Waals surface area contributed by atoms with Gasteiger partial charge in [0.25, 0.3) is 0 Å². The van der Waals surface area contributed by atoms with E-state index in [2.05, 4.69) is 29.5 Å². The lowest BCUT2D eigenvalue weighted by Crippen LogP contribution is -2.21. The van der Waals surface area contributed by atoms with Crippen molar-refractivity contribution in [2.75, 3.05) is 7.11 Å². The SMILES string of the molecule is CCCCCCC=CC1=C(CC=C=C(C)CC(O)C(=O)OC)C(=O)CC1. The van der Waals surface area contributed by atoms with E-state index in [1.807, 2.05) is 6.08 Å². The lowest BCUT2D eigenvalue weighted by molar-refractivity contribution is -0.150. The van der Waals surface area contributed by atoms with E-state index in [-0.39, 0.29) is 12.2 Å². The van der Waals surface area contributed by atoms with Gasteiger partial charge in [0.2, 0.25) is 0 Å². The summed E-state index contributed by atoms with van der Waals surface area (Å²) in [5.41, 5.74) is 5.82. The summed E-state index contributed by atoms with van der Waals surface area (Å²) in [6.45, 7) is 4.00. The monoisotopic (exact) mass is 360 g/mol. The number of unbranched alkanes of at least 4 members (excludes halogenated alkanes) is 4. The van der Waals surface area contributed by atoms with Crippen LogP contribution in [0.5, 0.6) is 0 Å². The summed E-state index contributed by atoms with van der Waals surface area (Å²) in [6, 6.07) is 0. The zero-order valence-electron chi connectivity index (χ0n) is 16.3. The molecule has 0 spiro atoms. The van der Waals surface area contributed by atoms with Gasteiger partial charge in [0.15, 0.2) is 11.9 Å². The quantitative estimate of drug-likeness (QED) is 0.332. The minimum atomic E-state index is -1.17. The third-order valence-corrected chi connectivity index (χ3v) is 4.52. The summed E-state index contributed by atoms with van der Waals surface area (Å²) in [6.07, 6.45) is 13.1. The molecule has 1 unspecified atom stereocenters. The summed E-state index contributed by atoms with van der Waals surface area (Å²) in [7, 11) is 1.25. The molecule has 0 aliphatic heterocycles. The summed E-state index contributed by atoms with van der Waals surface area (Å²) in [4.78, 5) is 23.3.